The molecule has 1 saturated carbocycles. The number of hydrogen-bond acceptors (Lipinski definition) is 2. The van der Waals surface area contributed by atoms with Crippen LogP contribution in [0.15, 0.2) is 22.7 Å². The SMILES string of the molecule is N=C(N)CCN(Cc1cc(Br)ccc1F)C1CC1. The highest BCUT2D eigenvalue weighted by molar-refractivity contribution is 9.10. The van der Waals surface area contributed by atoms with Crippen molar-refractivity contribution in [3.05, 3.63) is 34.1 Å². The second kappa shape index (κ2) is 5.80. The smallest absolute Gasteiger partial charge is 0.127 e. The zero-order valence-electron chi connectivity index (χ0n) is 10.1. The van der Waals surface area contributed by atoms with Crippen LogP contribution >= 0.6 is 15.9 Å². The van der Waals surface area contributed by atoms with E-state index in [1.165, 1.54) is 6.07 Å². The summed E-state index contributed by atoms with van der Waals surface area (Å²) >= 11 is 3.36. The Bertz CT molecular complexity index is 446. The largest absolute Gasteiger partial charge is 0.388 e. The van der Waals surface area contributed by atoms with E-state index in [1.807, 2.05) is 6.07 Å². The molecule has 18 heavy (non-hydrogen) atoms. The summed E-state index contributed by atoms with van der Waals surface area (Å²) in [5, 5.41) is 7.27. The molecule has 1 aliphatic carbocycles. The Balaban J connectivity index is 2.03. The van der Waals surface area contributed by atoms with Crippen LogP contribution in [-0.4, -0.2) is 23.3 Å². The first-order valence-electron chi connectivity index (χ1n) is 6.07. The van der Waals surface area contributed by atoms with E-state index in [4.69, 9.17) is 11.1 Å². The van der Waals surface area contributed by atoms with Crippen LogP contribution in [0.5, 0.6) is 0 Å². The van der Waals surface area contributed by atoms with Crippen molar-refractivity contribution in [2.45, 2.75) is 31.8 Å². The van der Waals surface area contributed by atoms with E-state index >= 15 is 0 Å². The lowest BCUT2D eigenvalue weighted by atomic mass is 10.2. The lowest BCUT2D eigenvalue weighted by Crippen LogP contribution is -2.30. The lowest BCUT2D eigenvalue weighted by Gasteiger charge is -2.22. The first-order chi connectivity index (χ1) is 8.56. The third-order valence-electron chi connectivity index (χ3n) is 3.11. The minimum atomic E-state index is -0.174. The van der Waals surface area contributed by atoms with Gasteiger partial charge in [0.1, 0.15) is 5.82 Å². The molecule has 0 saturated heterocycles. The fourth-order valence-electron chi connectivity index (χ4n) is 1.98. The van der Waals surface area contributed by atoms with Crippen molar-refractivity contribution < 1.29 is 4.39 Å². The molecule has 0 aliphatic heterocycles. The van der Waals surface area contributed by atoms with Crippen LogP contribution in [0.1, 0.15) is 24.8 Å². The molecule has 0 unspecified atom stereocenters. The molecule has 0 bridgehead atoms. The summed E-state index contributed by atoms with van der Waals surface area (Å²) < 4.78 is 14.6. The monoisotopic (exact) mass is 313 g/mol. The van der Waals surface area contributed by atoms with Crippen LogP contribution in [0.4, 0.5) is 4.39 Å². The van der Waals surface area contributed by atoms with Crippen molar-refractivity contribution in [3.8, 4) is 0 Å². The van der Waals surface area contributed by atoms with E-state index < -0.39 is 0 Å². The molecule has 0 spiro atoms. The zero-order chi connectivity index (χ0) is 13.1. The van der Waals surface area contributed by atoms with Gasteiger partial charge in [-0.05, 0) is 31.0 Å². The highest BCUT2D eigenvalue weighted by Crippen LogP contribution is 2.29. The number of nitrogens with two attached hydrogens (primary N) is 1. The molecule has 98 valence electrons. The Morgan fingerprint density at radius 3 is 2.83 bits per heavy atom. The van der Waals surface area contributed by atoms with Crippen molar-refractivity contribution in [1.29, 1.82) is 5.41 Å². The van der Waals surface area contributed by atoms with Crippen LogP contribution in [0.25, 0.3) is 0 Å². The Morgan fingerprint density at radius 2 is 2.22 bits per heavy atom. The molecule has 0 heterocycles. The van der Waals surface area contributed by atoms with Crippen LogP contribution in [0.3, 0.4) is 0 Å². The van der Waals surface area contributed by atoms with Gasteiger partial charge in [0.05, 0.1) is 5.84 Å². The summed E-state index contributed by atoms with van der Waals surface area (Å²) in [6, 6.07) is 5.53. The molecular weight excluding hydrogens is 297 g/mol. The van der Waals surface area contributed by atoms with Crippen molar-refractivity contribution in [2.24, 2.45) is 5.73 Å². The molecule has 0 aromatic heterocycles. The minimum absolute atomic E-state index is 0.174. The Labute approximate surface area is 115 Å². The first kappa shape index (κ1) is 13.5. The molecule has 3 N–H and O–H groups in total. The molecule has 1 aromatic rings. The fourth-order valence-corrected chi connectivity index (χ4v) is 2.39. The molecular formula is C13H17BrFN3. The van der Waals surface area contributed by atoms with Gasteiger partial charge in [-0.2, -0.15) is 0 Å². The van der Waals surface area contributed by atoms with Crippen LogP contribution in [0, 0.1) is 11.2 Å². The van der Waals surface area contributed by atoms with Crippen LogP contribution < -0.4 is 5.73 Å². The van der Waals surface area contributed by atoms with Crippen molar-refractivity contribution in [1.82, 2.24) is 4.90 Å². The van der Waals surface area contributed by atoms with Gasteiger partial charge in [0.2, 0.25) is 0 Å². The van der Waals surface area contributed by atoms with Gasteiger partial charge in [-0.15, -0.1) is 0 Å². The van der Waals surface area contributed by atoms with E-state index in [2.05, 4.69) is 20.8 Å². The maximum atomic E-state index is 13.7. The Kier molecular flexibility index (Phi) is 4.35. The van der Waals surface area contributed by atoms with Gasteiger partial charge < -0.3 is 5.73 Å². The van der Waals surface area contributed by atoms with Crippen molar-refractivity contribution in [2.75, 3.05) is 6.54 Å². The van der Waals surface area contributed by atoms with Crippen molar-refractivity contribution >= 4 is 21.8 Å². The molecule has 5 heteroatoms. The van der Waals surface area contributed by atoms with Crippen LogP contribution in [0.2, 0.25) is 0 Å². The number of hydrogen-bond donors (Lipinski definition) is 2. The summed E-state index contributed by atoms with van der Waals surface area (Å²) in [5.74, 6) is 0.0158. The number of amidine groups is 1. The molecule has 0 amide bonds. The summed E-state index contributed by atoms with van der Waals surface area (Å²) in [6.45, 7) is 1.31. The normalized spacial score (nSPS) is 15.1. The van der Waals surface area contributed by atoms with Crippen LogP contribution in [-0.2, 0) is 6.54 Å². The van der Waals surface area contributed by atoms with Gasteiger partial charge in [0.15, 0.2) is 0 Å². The van der Waals surface area contributed by atoms with Gasteiger partial charge in [0.25, 0.3) is 0 Å². The predicted octanol–water partition coefficient (Wildman–Crippen LogP) is 2.88. The zero-order valence-corrected chi connectivity index (χ0v) is 11.7. The summed E-state index contributed by atoms with van der Waals surface area (Å²) in [4.78, 5) is 2.21. The van der Waals surface area contributed by atoms with Gasteiger partial charge in [-0.1, -0.05) is 15.9 Å². The summed E-state index contributed by atoms with van der Waals surface area (Å²) in [6.07, 6.45) is 2.87. The van der Waals surface area contributed by atoms with E-state index in [9.17, 15) is 4.39 Å². The number of benzene rings is 1. The standard InChI is InChI=1S/C13H17BrFN3/c14-10-1-4-12(15)9(7-10)8-18(11-2-3-11)6-5-13(16)17/h1,4,7,11H,2-3,5-6,8H2,(H3,16,17). The third kappa shape index (κ3) is 3.78. The molecule has 2 rings (SSSR count). The molecule has 0 radical (unpaired) electrons. The average molecular weight is 314 g/mol. The first-order valence-corrected chi connectivity index (χ1v) is 6.86. The Morgan fingerprint density at radius 1 is 1.50 bits per heavy atom. The molecule has 1 aromatic carbocycles. The molecule has 1 aliphatic rings. The number of nitrogens with one attached hydrogen (secondary N) is 1. The third-order valence-corrected chi connectivity index (χ3v) is 3.61. The van der Waals surface area contributed by atoms with E-state index in [0.717, 1.165) is 23.9 Å². The lowest BCUT2D eigenvalue weighted by molar-refractivity contribution is 0.258. The minimum Gasteiger partial charge on any atom is -0.388 e. The predicted molar refractivity (Wildman–Crippen MR) is 74.1 cm³/mol. The maximum absolute atomic E-state index is 13.7. The average Bonchev–Trinajstić information content (AvgIpc) is 3.12. The highest BCUT2D eigenvalue weighted by atomic mass is 79.9. The quantitative estimate of drug-likeness (QED) is 0.627. The van der Waals surface area contributed by atoms with Gasteiger partial charge >= 0.3 is 0 Å². The maximum Gasteiger partial charge on any atom is 0.127 e. The van der Waals surface area contributed by atoms with Gasteiger partial charge in [0, 0.05) is 35.6 Å². The highest BCUT2D eigenvalue weighted by Gasteiger charge is 2.29. The molecule has 3 nitrogen and oxygen atoms in total. The van der Waals surface area contributed by atoms with E-state index in [0.29, 0.717) is 24.6 Å². The van der Waals surface area contributed by atoms with E-state index in [1.54, 1.807) is 6.07 Å². The second-order valence-electron chi connectivity index (χ2n) is 4.71. The molecule has 1 fully saturated rings. The van der Waals surface area contributed by atoms with Gasteiger partial charge in [-0.25, -0.2) is 4.39 Å². The number of halogens is 2. The number of nitrogens with zero attached hydrogens (tertiary/aromatic N) is 1. The van der Waals surface area contributed by atoms with Gasteiger partial charge in [-0.3, -0.25) is 10.3 Å². The topological polar surface area (TPSA) is 53.1 Å². The fraction of sp³-hybridized carbons (Fsp3) is 0.462. The van der Waals surface area contributed by atoms with E-state index in [-0.39, 0.29) is 11.7 Å². The molecule has 0 atom stereocenters. The summed E-state index contributed by atoms with van der Waals surface area (Å²) in [7, 11) is 0. The number of rotatable bonds is 6. The van der Waals surface area contributed by atoms with Crippen molar-refractivity contribution in [3.63, 3.8) is 0 Å². The second-order valence-corrected chi connectivity index (χ2v) is 5.63. The summed E-state index contributed by atoms with van der Waals surface area (Å²) in [5.41, 5.74) is 6.08. The Hall–Kier alpha value is -0.940.